The Morgan fingerprint density at radius 3 is 2.85 bits per heavy atom. The Hall–Kier alpha value is -1.64. The lowest BCUT2D eigenvalue weighted by Crippen LogP contribution is -2.27. The summed E-state index contributed by atoms with van der Waals surface area (Å²) in [5.41, 5.74) is 3.41. The van der Waals surface area contributed by atoms with Crippen molar-refractivity contribution < 1.29 is 9.53 Å². The molecule has 2 N–H and O–H groups in total. The van der Waals surface area contributed by atoms with Gasteiger partial charge in [0.25, 0.3) is 0 Å². The van der Waals surface area contributed by atoms with Crippen molar-refractivity contribution in [3.05, 3.63) is 29.3 Å². The van der Waals surface area contributed by atoms with Crippen LogP contribution < -0.4 is 10.6 Å². The number of carbonyl (C=O) groups excluding carboxylic acids is 1. The quantitative estimate of drug-likeness (QED) is 0.470. The van der Waals surface area contributed by atoms with E-state index in [1.54, 1.807) is 0 Å². The van der Waals surface area contributed by atoms with E-state index < -0.39 is 0 Å². The van der Waals surface area contributed by atoms with E-state index >= 15 is 0 Å². The molecule has 142 valence electrons. The van der Waals surface area contributed by atoms with Crippen molar-refractivity contribution in [1.82, 2.24) is 15.5 Å². The van der Waals surface area contributed by atoms with Gasteiger partial charge in [-0.15, -0.1) is 10.2 Å². The third kappa shape index (κ3) is 7.31. The first-order chi connectivity index (χ1) is 12.4. The van der Waals surface area contributed by atoms with Crippen LogP contribution in [0.3, 0.4) is 0 Å². The molecule has 0 aliphatic rings. The third-order valence-corrected chi connectivity index (χ3v) is 5.42. The third-order valence-electron chi connectivity index (χ3n) is 3.45. The van der Waals surface area contributed by atoms with Crippen LogP contribution in [0.15, 0.2) is 22.5 Å². The van der Waals surface area contributed by atoms with Crippen LogP contribution in [0.2, 0.25) is 0 Å². The molecule has 2 rings (SSSR count). The van der Waals surface area contributed by atoms with E-state index in [1.165, 1.54) is 28.7 Å². The minimum atomic E-state index is -0.00126. The molecule has 26 heavy (non-hydrogen) atoms. The lowest BCUT2D eigenvalue weighted by atomic mass is 10.1. The van der Waals surface area contributed by atoms with Crippen LogP contribution >= 0.6 is 23.1 Å². The molecule has 0 aliphatic carbocycles. The zero-order valence-electron chi connectivity index (χ0n) is 15.7. The molecule has 0 aliphatic heterocycles. The Balaban J connectivity index is 1.71. The Kier molecular flexibility index (Phi) is 8.34. The SMILES string of the molecule is Cc1ccc(Nc2nnc(SCC(=O)NCCCOC(C)C)s2)c(C)c1. The van der Waals surface area contributed by atoms with Gasteiger partial charge in [-0.05, 0) is 45.7 Å². The molecule has 8 heteroatoms. The Morgan fingerprint density at radius 1 is 1.31 bits per heavy atom. The highest BCUT2D eigenvalue weighted by molar-refractivity contribution is 8.01. The van der Waals surface area contributed by atoms with Gasteiger partial charge in [-0.3, -0.25) is 4.79 Å². The fraction of sp³-hybridized carbons (Fsp3) is 0.500. The number of carbonyl (C=O) groups is 1. The first-order valence-electron chi connectivity index (χ1n) is 8.63. The highest BCUT2D eigenvalue weighted by Crippen LogP contribution is 2.28. The number of aromatic nitrogens is 2. The second kappa shape index (κ2) is 10.5. The average Bonchev–Trinajstić information content (AvgIpc) is 3.02. The zero-order chi connectivity index (χ0) is 18.9. The number of thioether (sulfide) groups is 1. The van der Waals surface area contributed by atoms with E-state index in [1.807, 2.05) is 19.9 Å². The molecule has 1 heterocycles. The lowest BCUT2D eigenvalue weighted by molar-refractivity contribution is -0.118. The molecule has 0 radical (unpaired) electrons. The van der Waals surface area contributed by atoms with Gasteiger partial charge in [0.1, 0.15) is 0 Å². The Bertz CT molecular complexity index is 719. The number of amides is 1. The summed E-state index contributed by atoms with van der Waals surface area (Å²) in [5, 5.41) is 15.2. The topological polar surface area (TPSA) is 76.1 Å². The number of rotatable bonds is 10. The van der Waals surface area contributed by atoms with Gasteiger partial charge < -0.3 is 15.4 Å². The molecule has 0 saturated heterocycles. The smallest absolute Gasteiger partial charge is 0.230 e. The van der Waals surface area contributed by atoms with Crippen LogP contribution in [-0.2, 0) is 9.53 Å². The monoisotopic (exact) mass is 394 g/mol. The van der Waals surface area contributed by atoms with E-state index in [2.05, 4.69) is 46.8 Å². The van der Waals surface area contributed by atoms with Crippen LogP contribution in [0.5, 0.6) is 0 Å². The fourth-order valence-electron chi connectivity index (χ4n) is 2.18. The number of anilines is 2. The Labute approximate surface area is 163 Å². The first-order valence-corrected chi connectivity index (χ1v) is 10.4. The summed E-state index contributed by atoms with van der Waals surface area (Å²) in [4.78, 5) is 11.9. The molecular weight excluding hydrogens is 368 g/mol. The number of aryl methyl sites for hydroxylation is 2. The number of nitrogens with zero attached hydrogens (tertiary/aromatic N) is 2. The van der Waals surface area contributed by atoms with Crippen molar-refractivity contribution in [2.45, 2.75) is 44.6 Å². The molecule has 0 atom stereocenters. The molecule has 1 aromatic heterocycles. The summed E-state index contributed by atoms with van der Waals surface area (Å²) in [7, 11) is 0. The van der Waals surface area contributed by atoms with Crippen LogP contribution in [0.1, 0.15) is 31.4 Å². The van der Waals surface area contributed by atoms with Crippen LogP contribution in [0, 0.1) is 13.8 Å². The number of hydrogen-bond donors (Lipinski definition) is 2. The summed E-state index contributed by atoms with van der Waals surface area (Å²) in [6, 6.07) is 6.22. The Morgan fingerprint density at radius 2 is 2.12 bits per heavy atom. The molecule has 0 bridgehead atoms. The molecule has 1 aromatic carbocycles. The van der Waals surface area contributed by atoms with Crippen molar-refractivity contribution in [1.29, 1.82) is 0 Å². The van der Waals surface area contributed by atoms with Crippen LogP contribution in [-0.4, -0.2) is 41.1 Å². The summed E-state index contributed by atoms with van der Waals surface area (Å²) < 4.78 is 6.21. The van der Waals surface area contributed by atoms with Crippen molar-refractivity contribution in [2.24, 2.45) is 0 Å². The number of benzene rings is 1. The molecule has 2 aromatic rings. The van der Waals surface area contributed by atoms with Gasteiger partial charge in [-0.2, -0.15) is 0 Å². The molecule has 0 spiro atoms. The highest BCUT2D eigenvalue weighted by atomic mass is 32.2. The highest BCUT2D eigenvalue weighted by Gasteiger charge is 2.09. The second-order valence-corrected chi connectivity index (χ2v) is 8.43. The second-order valence-electron chi connectivity index (χ2n) is 6.23. The maximum absolute atomic E-state index is 11.9. The van der Waals surface area contributed by atoms with E-state index in [0.717, 1.165) is 27.1 Å². The van der Waals surface area contributed by atoms with Crippen molar-refractivity contribution in [3.8, 4) is 0 Å². The van der Waals surface area contributed by atoms with Crippen LogP contribution in [0.4, 0.5) is 10.8 Å². The summed E-state index contributed by atoms with van der Waals surface area (Å²) in [6.45, 7) is 9.42. The minimum Gasteiger partial charge on any atom is -0.379 e. The average molecular weight is 395 g/mol. The standard InChI is InChI=1S/C18H26N4O2S2/c1-12(2)24-9-5-8-19-16(23)11-25-18-22-21-17(26-18)20-15-7-6-13(3)10-14(15)4/h6-7,10,12H,5,8-9,11H2,1-4H3,(H,19,23)(H,20,21). The predicted molar refractivity (Wildman–Crippen MR) is 109 cm³/mol. The fourth-order valence-corrected chi connectivity index (χ4v) is 3.78. The molecule has 0 unspecified atom stereocenters. The summed E-state index contributed by atoms with van der Waals surface area (Å²) in [5.74, 6) is 0.335. The van der Waals surface area contributed by atoms with Crippen LogP contribution in [0.25, 0.3) is 0 Å². The summed E-state index contributed by atoms with van der Waals surface area (Å²) >= 11 is 2.84. The maximum Gasteiger partial charge on any atom is 0.230 e. The summed E-state index contributed by atoms with van der Waals surface area (Å²) in [6.07, 6.45) is 1.04. The zero-order valence-corrected chi connectivity index (χ0v) is 17.3. The molecule has 6 nitrogen and oxygen atoms in total. The van der Waals surface area contributed by atoms with Crippen molar-refractivity contribution >= 4 is 39.8 Å². The molecule has 0 fully saturated rings. The minimum absolute atomic E-state index is 0.00126. The number of hydrogen-bond acceptors (Lipinski definition) is 7. The van der Waals surface area contributed by atoms with Gasteiger partial charge in [-0.25, -0.2) is 0 Å². The maximum atomic E-state index is 11.9. The van der Waals surface area contributed by atoms with E-state index in [-0.39, 0.29) is 12.0 Å². The lowest BCUT2D eigenvalue weighted by Gasteiger charge is -2.07. The van der Waals surface area contributed by atoms with E-state index in [9.17, 15) is 4.79 Å². The van der Waals surface area contributed by atoms with Gasteiger partial charge in [0.05, 0.1) is 11.9 Å². The number of ether oxygens (including phenoxy) is 1. The van der Waals surface area contributed by atoms with Gasteiger partial charge >= 0.3 is 0 Å². The van der Waals surface area contributed by atoms with Gasteiger partial charge in [0.15, 0.2) is 4.34 Å². The van der Waals surface area contributed by atoms with Gasteiger partial charge in [0.2, 0.25) is 11.0 Å². The van der Waals surface area contributed by atoms with Gasteiger partial charge in [-0.1, -0.05) is 40.8 Å². The molecule has 0 saturated carbocycles. The first kappa shape index (κ1) is 20.7. The molecule has 1 amide bonds. The largest absolute Gasteiger partial charge is 0.379 e. The molecular formula is C18H26N4O2S2. The predicted octanol–water partition coefficient (Wildman–Crippen LogP) is 3.92. The normalized spacial score (nSPS) is 11.0. The van der Waals surface area contributed by atoms with Gasteiger partial charge in [0, 0.05) is 18.8 Å². The van der Waals surface area contributed by atoms with E-state index in [0.29, 0.717) is 18.9 Å². The van der Waals surface area contributed by atoms with Crippen molar-refractivity contribution in [3.63, 3.8) is 0 Å². The van der Waals surface area contributed by atoms with E-state index in [4.69, 9.17) is 4.74 Å². The van der Waals surface area contributed by atoms with Crippen molar-refractivity contribution in [2.75, 3.05) is 24.2 Å². The number of nitrogens with one attached hydrogen (secondary N) is 2.